The molecule has 0 aliphatic carbocycles. The van der Waals surface area contributed by atoms with Gasteiger partial charge in [-0.25, -0.2) is 9.78 Å². The van der Waals surface area contributed by atoms with Crippen molar-refractivity contribution >= 4 is 27.4 Å². The molecule has 0 fully saturated rings. The van der Waals surface area contributed by atoms with Crippen molar-refractivity contribution in [1.29, 1.82) is 0 Å². The molecular formula is C27H37N3O5S. The molecule has 1 aliphatic heterocycles. The molecule has 0 bridgehead atoms. The van der Waals surface area contributed by atoms with Crippen LogP contribution >= 0.6 is 0 Å². The van der Waals surface area contributed by atoms with Crippen LogP contribution in [0.2, 0.25) is 0 Å². The maximum Gasteiger partial charge on any atom is 0.338 e. The Hall–Kier alpha value is -3.07. The summed E-state index contributed by atoms with van der Waals surface area (Å²) < 4.78 is 34.3. The Morgan fingerprint density at radius 1 is 1.17 bits per heavy atom. The fourth-order valence-corrected chi connectivity index (χ4v) is 6.03. The van der Waals surface area contributed by atoms with E-state index in [4.69, 9.17) is 10.5 Å². The fourth-order valence-electron chi connectivity index (χ4n) is 5.04. The van der Waals surface area contributed by atoms with Crippen molar-refractivity contribution in [3.63, 3.8) is 0 Å². The molecule has 4 N–H and O–H groups in total. The molecule has 36 heavy (non-hydrogen) atoms. The smallest absolute Gasteiger partial charge is 0.338 e. The maximum atomic E-state index is 13.4. The number of ether oxygens (including phenoxy) is 1. The number of carbonyl (C=O) groups excluding carboxylic acids is 1. The molecule has 1 aromatic heterocycles. The van der Waals surface area contributed by atoms with Gasteiger partial charge in [-0.1, -0.05) is 59.6 Å². The van der Waals surface area contributed by atoms with Gasteiger partial charge < -0.3 is 15.6 Å². The zero-order valence-corrected chi connectivity index (χ0v) is 22.5. The highest BCUT2D eigenvalue weighted by atomic mass is 32.2. The predicted octanol–water partition coefficient (Wildman–Crippen LogP) is 5.69. The number of pyridine rings is 1. The second-order valence-corrected chi connectivity index (χ2v) is 12.2. The standard InChI is InChI=1S/C27H37N3O5S/c1-6-13-27(14-7-2)16-21(31)23(25(32)35-27)24(26(3,4)5)18-9-8-10-20(15-18)30-36(33,34)22-12-11-19(28)17-29-22/h8-12,15,17,24,30-31H,6-7,13-14,16,28H2,1-5H3/t24-/m0/s1. The van der Waals surface area contributed by atoms with Crippen molar-refractivity contribution in [2.75, 3.05) is 10.5 Å². The largest absolute Gasteiger partial charge is 0.512 e. The van der Waals surface area contributed by atoms with Crippen LogP contribution in [0.15, 0.2) is 59.0 Å². The second kappa shape index (κ2) is 10.5. The number of nitrogens with two attached hydrogens (primary N) is 1. The van der Waals surface area contributed by atoms with Gasteiger partial charge in [0.15, 0.2) is 5.03 Å². The first-order valence-corrected chi connectivity index (χ1v) is 13.8. The third kappa shape index (κ3) is 6.00. The molecule has 8 nitrogen and oxygen atoms in total. The minimum Gasteiger partial charge on any atom is -0.512 e. The number of nitrogens with zero attached hydrogens (tertiary/aromatic N) is 1. The summed E-state index contributed by atoms with van der Waals surface area (Å²) in [4.78, 5) is 17.3. The van der Waals surface area contributed by atoms with E-state index in [1.165, 1.54) is 18.3 Å². The summed E-state index contributed by atoms with van der Waals surface area (Å²) >= 11 is 0. The van der Waals surface area contributed by atoms with Crippen molar-refractivity contribution in [1.82, 2.24) is 4.98 Å². The van der Waals surface area contributed by atoms with Crippen LogP contribution in [0.1, 0.15) is 78.2 Å². The average molecular weight is 516 g/mol. The first kappa shape index (κ1) is 27.5. The molecule has 2 heterocycles. The van der Waals surface area contributed by atoms with E-state index in [1.807, 2.05) is 40.7 Å². The summed E-state index contributed by atoms with van der Waals surface area (Å²) in [5.74, 6) is -0.992. The Morgan fingerprint density at radius 2 is 1.83 bits per heavy atom. The molecule has 0 saturated carbocycles. The molecule has 0 unspecified atom stereocenters. The zero-order chi connectivity index (χ0) is 26.7. The van der Waals surface area contributed by atoms with Gasteiger partial charge in [0, 0.05) is 18.0 Å². The molecule has 9 heteroatoms. The Morgan fingerprint density at radius 3 is 2.36 bits per heavy atom. The van der Waals surface area contributed by atoms with E-state index in [1.54, 1.807) is 18.2 Å². The zero-order valence-electron chi connectivity index (χ0n) is 21.7. The van der Waals surface area contributed by atoms with Gasteiger partial charge in [-0.15, -0.1) is 0 Å². The number of hydrogen-bond donors (Lipinski definition) is 3. The van der Waals surface area contributed by atoms with Crippen molar-refractivity contribution in [3.8, 4) is 0 Å². The van der Waals surface area contributed by atoms with Crippen LogP contribution in [0.25, 0.3) is 0 Å². The highest BCUT2D eigenvalue weighted by molar-refractivity contribution is 7.92. The van der Waals surface area contributed by atoms with E-state index >= 15 is 0 Å². The minimum atomic E-state index is -3.95. The number of sulfonamides is 1. The van der Waals surface area contributed by atoms with Crippen LogP contribution in [0.4, 0.5) is 11.4 Å². The van der Waals surface area contributed by atoms with Crippen LogP contribution in [-0.2, 0) is 19.6 Å². The van der Waals surface area contributed by atoms with Gasteiger partial charge in [0.2, 0.25) is 0 Å². The van der Waals surface area contributed by atoms with Crippen LogP contribution < -0.4 is 10.5 Å². The molecule has 1 atom stereocenters. The molecule has 1 aliphatic rings. The van der Waals surface area contributed by atoms with Crippen molar-refractivity contribution in [2.24, 2.45) is 5.41 Å². The molecule has 196 valence electrons. The van der Waals surface area contributed by atoms with Gasteiger partial charge in [-0.2, -0.15) is 8.42 Å². The molecule has 1 aromatic carbocycles. The number of aliphatic hydroxyl groups excluding tert-OH is 1. The maximum absolute atomic E-state index is 13.4. The first-order valence-electron chi connectivity index (χ1n) is 12.3. The molecule has 0 spiro atoms. The highest BCUT2D eigenvalue weighted by Gasteiger charge is 2.45. The molecule has 2 aromatic rings. The van der Waals surface area contributed by atoms with E-state index in [-0.39, 0.29) is 22.8 Å². The first-order chi connectivity index (χ1) is 16.8. The lowest BCUT2D eigenvalue weighted by molar-refractivity contribution is -0.161. The van der Waals surface area contributed by atoms with Crippen LogP contribution in [0, 0.1) is 5.41 Å². The van der Waals surface area contributed by atoms with Gasteiger partial charge in [0.05, 0.1) is 17.5 Å². The lowest BCUT2D eigenvalue weighted by Gasteiger charge is -2.41. The van der Waals surface area contributed by atoms with E-state index in [0.29, 0.717) is 29.8 Å². The van der Waals surface area contributed by atoms with Gasteiger partial charge in [-0.3, -0.25) is 4.72 Å². The Labute approximate surface area is 214 Å². The summed E-state index contributed by atoms with van der Waals surface area (Å²) in [5.41, 5.74) is 6.03. The second-order valence-electron chi connectivity index (χ2n) is 10.6. The van der Waals surface area contributed by atoms with Gasteiger partial charge in [0.1, 0.15) is 11.4 Å². The van der Waals surface area contributed by atoms with Gasteiger partial charge in [-0.05, 0) is 48.1 Å². The number of rotatable bonds is 9. The van der Waals surface area contributed by atoms with Gasteiger partial charge in [0.25, 0.3) is 10.0 Å². The van der Waals surface area contributed by atoms with E-state index < -0.39 is 32.9 Å². The predicted molar refractivity (Wildman–Crippen MR) is 141 cm³/mol. The highest BCUT2D eigenvalue weighted by Crippen LogP contribution is 2.47. The molecule has 0 amide bonds. The van der Waals surface area contributed by atoms with Crippen LogP contribution in [0.3, 0.4) is 0 Å². The topological polar surface area (TPSA) is 132 Å². The van der Waals surface area contributed by atoms with E-state index in [0.717, 1.165) is 12.8 Å². The summed E-state index contributed by atoms with van der Waals surface area (Å²) in [6.07, 6.45) is 4.59. The Kier molecular flexibility index (Phi) is 8.03. The lowest BCUT2D eigenvalue weighted by atomic mass is 9.70. The van der Waals surface area contributed by atoms with Crippen LogP contribution in [-0.4, -0.2) is 30.1 Å². The number of cyclic esters (lactones) is 1. The summed E-state index contributed by atoms with van der Waals surface area (Å²) in [6.45, 7) is 9.98. The molecule has 0 saturated heterocycles. The summed E-state index contributed by atoms with van der Waals surface area (Å²) in [5, 5.41) is 11.0. The SMILES string of the molecule is CCCC1(CCC)CC(O)=C([C@H](c2cccc(NS(=O)(=O)c3ccc(N)cn3)c2)C(C)(C)C)C(=O)O1. The summed E-state index contributed by atoms with van der Waals surface area (Å²) in [7, 11) is -3.95. The molecule has 0 radical (unpaired) electrons. The number of aromatic nitrogens is 1. The lowest BCUT2D eigenvalue weighted by Crippen LogP contribution is -2.42. The quantitative estimate of drug-likeness (QED) is 0.365. The monoisotopic (exact) mass is 515 g/mol. The molecule has 3 rings (SSSR count). The number of benzene rings is 1. The van der Waals surface area contributed by atoms with Crippen molar-refractivity contribution in [3.05, 3.63) is 59.5 Å². The number of nitrogen functional groups attached to an aromatic ring is 1. The third-order valence-electron chi connectivity index (χ3n) is 6.40. The summed E-state index contributed by atoms with van der Waals surface area (Å²) in [6, 6.07) is 9.64. The minimum absolute atomic E-state index is 0.0464. The molecular weight excluding hydrogens is 478 g/mol. The normalized spacial score (nSPS) is 17.0. The number of esters is 1. The van der Waals surface area contributed by atoms with E-state index in [2.05, 4.69) is 9.71 Å². The number of nitrogens with one attached hydrogen (secondary N) is 1. The van der Waals surface area contributed by atoms with Crippen LogP contribution in [0.5, 0.6) is 0 Å². The number of hydrogen-bond acceptors (Lipinski definition) is 7. The number of aliphatic hydroxyl groups is 1. The average Bonchev–Trinajstić information content (AvgIpc) is 2.76. The number of anilines is 2. The van der Waals surface area contributed by atoms with Crippen molar-refractivity contribution < 1.29 is 23.1 Å². The van der Waals surface area contributed by atoms with Crippen molar-refractivity contribution in [2.45, 2.75) is 83.3 Å². The third-order valence-corrected chi connectivity index (χ3v) is 7.70. The Balaban J connectivity index is 2.01. The van der Waals surface area contributed by atoms with E-state index in [9.17, 15) is 18.3 Å². The fraction of sp³-hybridized carbons (Fsp3) is 0.481. The number of carbonyl (C=O) groups is 1. The Bertz CT molecular complexity index is 1220. The van der Waals surface area contributed by atoms with Gasteiger partial charge >= 0.3 is 5.97 Å².